The summed E-state index contributed by atoms with van der Waals surface area (Å²) < 4.78 is 25.6. The molecule has 0 aliphatic heterocycles. The lowest BCUT2D eigenvalue weighted by Gasteiger charge is -2.14. The van der Waals surface area contributed by atoms with E-state index < -0.39 is 17.7 Å². The van der Waals surface area contributed by atoms with Crippen molar-refractivity contribution in [2.45, 2.75) is 6.10 Å². The van der Waals surface area contributed by atoms with Gasteiger partial charge in [0.2, 0.25) is 5.91 Å². The van der Waals surface area contributed by atoms with Crippen LogP contribution in [-0.2, 0) is 4.79 Å². The highest BCUT2D eigenvalue weighted by atomic mass is 19.2. The predicted molar refractivity (Wildman–Crippen MR) is 62.9 cm³/mol. The summed E-state index contributed by atoms with van der Waals surface area (Å²) in [6, 6.07) is 3.20. The number of rotatable bonds is 5. The fourth-order valence-corrected chi connectivity index (χ4v) is 1.31. The predicted octanol–water partition coefficient (Wildman–Crippen LogP) is 0.676. The molecule has 0 heterocycles. The Morgan fingerprint density at radius 1 is 1.39 bits per heavy atom. The zero-order valence-corrected chi connectivity index (χ0v) is 10.3. The number of benzene rings is 1. The van der Waals surface area contributed by atoms with Crippen LogP contribution < -0.4 is 5.32 Å². The Kier molecular flexibility index (Phi) is 5.18. The molecule has 0 aromatic heterocycles. The molecule has 1 atom stereocenters. The van der Waals surface area contributed by atoms with E-state index in [1.165, 1.54) is 11.0 Å². The van der Waals surface area contributed by atoms with Gasteiger partial charge in [-0.25, -0.2) is 8.78 Å². The maximum atomic E-state index is 12.9. The van der Waals surface area contributed by atoms with Crippen LogP contribution >= 0.6 is 0 Å². The summed E-state index contributed by atoms with van der Waals surface area (Å²) in [5, 5.41) is 12.5. The van der Waals surface area contributed by atoms with Gasteiger partial charge in [-0.05, 0) is 17.7 Å². The quantitative estimate of drug-likeness (QED) is 0.816. The van der Waals surface area contributed by atoms with Crippen molar-refractivity contribution in [3.63, 3.8) is 0 Å². The number of carbonyl (C=O) groups excluding carboxylic acids is 1. The fraction of sp³-hybridized carbons (Fsp3) is 0.417. The second-order valence-corrected chi connectivity index (χ2v) is 4.11. The Balaban J connectivity index is 2.48. The normalized spacial score (nSPS) is 12.3. The van der Waals surface area contributed by atoms with E-state index >= 15 is 0 Å². The second-order valence-electron chi connectivity index (χ2n) is 4.11. The molecule has 100 valence electrons. The molecule has 0 saturated carbocycles. The van der Waals surface area contributed by atoms with Crippen molar-refractivity contribution in [2.75, 3.05) is 27.2 Å². The summed E-state index contributed by atoms with van der Waals surface area (Å²) in [6.45, 7) is 0.165. The summed E-state index contributed by atoms with van der Waals surface area (Å²) in [4.78, 5) is 12.6. The number of hydrogen-bond acceptors (Lipinski definition) is 3. The van der Waals surface area contributed by atoms with E-state index in [1.807, 2.05) is 0 Å². The molecule has 1 amide bonds. The molecule has 0 radical (unpaired) electrons. The molecule has 18 heavy (non-hydrogen) atoms. The number of carbonyl (C=O) groups is 1. The average molecular weight is 258 g/mol. The third kappa shape index (κ3) is 4.05. The van der Waals surface area contributed by atoms with Crippen molar-refractivity contribution in [3.05, 3.63) is 35.4 Å². The Labute approximate surface area is 104 Å². The SMILES string of the molecule is CN(C)C(=O)CNCC(O)c1ccc(F)c(F)c1. The highest BCUT2D eigenvalue weighted by Gasteiger charge is 2.11. The topological polar surface area (TPSA) is 52.6 Å². The molecule has 0 saturated heterocycles. The summed E-state index contributed by atoms with van der Waals surface area (Å²) in [5.41, 5.74) is 0.263. The largest absolute Gasteiger partial charge is 0.387 e. The summed E-state index contributed by atoms with van der Waals surface area (Å²) in [7, 11) is 3.24. The Hall–Kier alpha value is -1.53. The van der Waals surface area contributed by atoms with Gasteiger partial charge in [-0.1, -0.05) is 6.07 Å². The van der Waals surface area contributed by atoms with Crippen LogP contribution in [0.3, 0.4) is 0 Å². The van der Waals surface area contributed by atoms with Gasteiger partial charge in [0, 0.05) is 20.6 Å². The van der Waals surface area contributed by atoms with Gasteiger partial charge < -0.3 is 15.3 Å². The standard InChI is InChI=1S/C12H16F2N2O2/c1-16(2)12(18)7-15-6-11(17)8-3-4-9(13)10(14)5-8/h3-5,11,15,17H,6-7H2,1-2H3. The van der Waals surface area contributed by atoms with Gasteiger partial charge in [-0.2, -0.15) is 0 Å². The Morgan fingerprint density at radius 2 is 2.06 bits per heavy atom. The highest BCUT2D eigenvalue weighted by molar-refractivity contribution is 5.77. The van der Waals surface area contributed by atoms with E-state index in [9.17, 15) is 18.7 Å². The minimum Gasteiger partial charge on any atom is -0.387 e. The number of nitrogens with one attached hydrogen (secondary N) is 1. The van der Waals surface area contributed by atoms with Gasteiger partial charge in [0.05, 0.1) is 12.6 Å². The van der Waals surface area contributed by atoms with Crippen LogP contribution in [0.2, 0.25) is 0 Å². The number of aliphatic hydroxyl groups is 1. The van der Waals surface area contributed by atoms with Crippen molar-refractivity contribution in [2.24, 2.45) is 0 Å². The molecule has 1 aromatic rings. The van der Waals surface area contributed by atoms with E-state index in [-0.39, 0.29) is 24.6 Å². The fourth-order valence-electron chi connectivity index (χ4n) is 1.31. The van der Waals surface area contributed by atoms with Crippen LogP contribution in [0.4, 0.5) is 8.78 Å². The molecule has 0 aliphatic carbocycles. The van der Waals surface area contributed by atoms with Crippen molar-refractivity contribution in [1.29, 1.82) is 0 Å². The van der Waals surface area contributed by atoms with E-state index in [1.54, 1.807) is 14.1 Å². The molecule has 4 nitrogen and oxygen atoms in total. The molecule has 0 fully saturated rings. The number of nitrogens with zero attached hydrogens (tertiary/aromatic N) is 1. The second kappa shape index (κ2) is 6.42. The van der Waals surface area contributed by atoms with Crippen molar-refractivity contribution < 1.29 is 18.7 Å². The first-order valence-electron chi connectivity index (χ1n) is 5.45. The smallest absolute Gasteiger partial charge is 0.236 e. The Bertz CT molecular complexity index is 425. The van der Waals surface area contributed by atoms with E-state index in [2.05, 4.69) is 5.32 Å². The van der Waals surface area contributed by atoms with Crippen LogP contribution in [-0.4, -0.2) is 43.1 Å². The number of hydrogen-bond donors (Lipinski definition) is 2. The van der Waals surface area contributed by atoms with Gasteiger partial charge in [0.15, 0.2) is 11.6 Å². The molecule has 0 bridgehead atoms. The third-order valence-electron chi connectivity index (χ3n) is 2.44. The molecular formula is C12H16F2N2O2. The van der Waals surface area contributed by atoms with E-state index in [4.69, 9.17) is 0 Å². The number of aliphatic hydroxyl groups excluding tert-OH is 1. The molecular weight excluding hydrogens is 242 g/mol. The highest BCUT2D eigenvalue weighted by Crippen LogP contribution is 2.15. The number of halogens is 2. The van der Waals surface area contributed by atoms with Crippen LogP contribution in [0, 0.1) is 11.6 Å². The van der Waals surface area contributed by atoms with Crippen LogP contribution in [0.25, 0.3) is 0 Å². The summed E-state index contributed by atoms with van der Waals surface area (Å²) >= 11 is 0. The monoisotopic (exact) mass is 258 g/mol. The zero-order valence-electron chi connectivity index (χ0n) is 10.3. The number of likely N-dealkylation sites (N-methyl/N-ethyl adjacent to an activating group) is 1. The first kappa shape index (κ1) is 14.5. The van der Waals surface area contributed by atoms with E-state index in [0.29, 0.717) is 0 Å². The minimum atomic E-state index is -1.00. The summed E-state index contributed by atoms with van der Waals surface area (Å²) in [5.74, 6) is -2.09. The van der Waals surface area contributed by atoms with Gasteiger partial charge in [0.1, 0.15) is 0 Å². The van der Waals surface area contributed by atoms with Crippen molar-refractivity contribution in [1.82, 2.24) is 10.2 Å². The van der Waals surface area contributed by atoms with Crippen molar-refractivity contribution in [3.8, 4) is 0 Å². The van der Waals surface area contributed by atoms with Crippen LogP contribution in [0.15, 0.2) is 18.2 Å². The first-order chi connectivity index (χ1) is 8.41. The van der Waals surface area contributed by atoms with Gasteiger partial charge >= 0.3 is 0 Å². The lowest BCUT2D eigenvalue weighted by Crippen LogP contribution is -2.34. The minimum absolute atomic E-state index is 0.0771. The van der Waals surface area contributed by atoms with Crippen LogP contribution in [0.1, 0.15) is 11.7 Å². The van der Waals surface area contributed by atoms with Gasteiger partial charge in [-0.15, -0.1) is 0 Å². The average Bonchev–Trinajstić information content (AvgIpc) is 2.32. The maximum Gasteiger partial charge on any atom is 0.236 e. The molecule has 1 unspecified atom stereocenters. The third-order valence-corrected chi connectivity index (χ3v) is 2.44. The molecule has 6 heteroatoms. The molecule has 0 aliphatic rings. The lowest BCUT2D eigenvalue weighted by molar-refractivity contribution is -0.127. The van der Waals surface area contributed by atoms with Gasteiger partial charge in [0.25, 0.3) is 0 Å². The molecule has 2 N–H and O–H groups in total. The van der Waals surface area contributed by atoms with Crippen LogP contribution in [0.5, 0.6) is 0 Å². The Morgan fingerprint density at radius 3 is 2.61 bits per heavy atom. The number of amides is 1. The molecule has 1 aromatic carbocycles. The van der Waals surface area contributed by atoms with Gasteiger partial charge in [-0.3, -0.25) is 4.79 Å². The zero-order chi connectivity index (χ0) is 13.7. The molecule has 0 spiro atoms. The first-order valence-corrected chi connectivity index (χ1v) is 5.45. The maximum absolute atomic E-state index is 12.9. The molecule has 1 rings (SSSR count). The lowest BCUT2D eigenvalue weighted by atomic mass is 10.1. The summed E-state index contributed by atoms with van der Waals surface area (Å²) in [6.07, 6.45) is -0.991. The van der Waals surface area contributed by atoms with Crippen molar-refractivity contribution >= 4 is 5.91 Å². The van der Waals surface area contributed by atoms with E-state index in [0.717, 1.165) is 12.1 Å².